The third kappa shape index (κ3) is 4.28. The van der Waals surface area contributed by atoms with Gasteiger partial charge in [-0.15, -0.1) is 0 Å². The van der Waals surface area contributed by atoms with E-state index in [0.29, 0.717) is 12.3 Å². The highest BCUT2D eigenvalue weighted by molar-refractivity contribution is 9.10. The van der Waals surface area contributed by atoms with E-state index in [1.54, 1.807) is 0 Å². The van der Waals surface area contributed by atoms with Gasteiger partial charge in [-0.2, -0.15) is 0 Å². The quantitative estimate of drug-likeness (QED) is 0.175. The van der Waals surface area contributed by atoms with E-state index in [9.17, 15) is 4.79 Å². The van der Waals surface area contributed by atoms with Crippen molar-refractivity contribution >= 4 is 49.7 Å². The van der Waals surface area contributed by atoms with Crippen molar-refractivity contribution in [2.75, 3.05) is 0 Å². The number of halogens is 1. The maximum absolute atomic E-state index is 14.0. The number of aryl methyl sites for hydroxylation is 2. The molecule has 6 nitrogen and oxygen atoms in total. The van der Waals surface area contributed by atoms with Gasteiger partial charge in [0.2, 0.25) is 0 Å². The predicted octanol–water partition coefficient (Wildman–Crippen LogP) is 8.28. The third-order valence-corrected chi connectivity index (χ3v) is 9.99. The average Bonchev–Trinajstić information content (AvgIpc) is 3.68. The number of hydrogen-bond donors (Lipinski definition) is 0. The molecule has 2 fully saturated rings. The molecule has 2 saturated carbocycles. The minimum absolute atomic E-state index is 0.176. The van der Waals surface area contributed by atoms with Crippen molar-refractivity contribution in [1.29, 1.82) is 0 Å². The molecule has 7 heteroatoms. The van der Waals surface area contributed by atoms with Crippen LogP contribution in [0, 0.1) is 0 Å². The molecule has 0 atom stereocenters. The van der Waals surface area contributed by atoms with Crippen molar-refractivity contribution < 1.29 is 4.79 Å². The number of aromatic nitrogens is 5. The number of fused-ring (bicyclic) bond motifs is 2. The molecular formula is C34H34BrN5O. The molecule has 208 valence electrons. The average molecular weight is 609 g/mol. The Morgan fingerprint density at radius 2 is 1.78 bits per heavy atom. The monoisotopic (exact) mass is 607 g/mol. The number of carbonyl (C=O) groups is 1. The molecule has 0 radical (unpaired) electrons. The Morgan fingerprint density at radius 3 is 2.46 bits per heavy atom. The fourth-order valence-corrected chi connectivity index (χ4v) is 7.48. The summed E-state index contributed by atoms with van der Waals surface area (Å²) in [5.41, 5.74) is 7.14. The van der Waals surface area contributed by atoms with Crippen molar-refractivity contribution in [1.82, 2.24) is 24.1 Å². The Balaban J connectivity index is 1.27. The van der Waals surface area contributed by atoms with Crippen LogP contribution in [0.3, 0.4) is 0 Å². The number of rotatable bonds is 7. The Hall–Kier alpha value is -3.58. The zero-order valence-corrected chi connectivity index (χ0v) is 25.2. The van der Waals surface area contributed by atoms with Gasteiger partial charge < -0.3 is 9.13 Å². The van der Waals surface area contributed by atoms with E-state index in [4.69, 9.17) is 4.98 Å². The molecule has 0 amide bonds. The van der Waals surface area contributed by atoms with Gasteiger partial charge in [-0.3, -0.25) is 4.79 Å². The van der Waals surface area contributed by atoms with E-state index >= 15 is 0 Å². The van der Waals surface area contributed by atoms with Gasteiger partial charge in [-0.25, -0.2) is 15.0 Å². The second kappa shape index (κ2) is 10.1. The van der Waals surface area contributed by atoms with E-state index in [0.717, 1.165) is 68.8 Å². The van der Waals surface area contributed by atoms with Crippen LogP contribution in [0.1, 0.15) is 84.6 Å². The van der Waals surface area contributed by atoms with Crippen molar-refractivity contribution in [2.45, 2.75) is 62.7 Å². The van der Waals surface area contributed by atoms with Gasteiger partial charge in [-0.05, 0) is 76.9 Å². The maximum atomic E-state index is 14.0. The third-order valence-electron chi connectivity index (χ3n) is 9.58. The second-order valence-corrected chi connectivity index (χ2v) is 12.9. The van der Waals surface area contributed by atoms with Gasteiger partial charge in [0.25, 0.3) is 0 Å². The molecule has 0 spiro atoms. The molecular weight excluding hydrogens is 574 g/mol. The van der Waals surface area contributed by atoms with Crippen LogP contribution in [0.4, 0.5) is 0 Å². The van der Waals surface area contributed by atoms with E-state index in [1.165, 1.54) is 36.6 Å². The van der Waals surface area contributed by atoms with Crippen LogP contribution in [-0.2, 0) is 19.5 Å². The highest BCUT2D eigenvalue weighted by Gasteiger charge is 2.44. The summed E-state index contributed by atoms with van der Waals surface area (Å²) >= 11 is 3.47. The fraction of sp³-hybridized carbons (Fsp3) is 0.353. The topological polar surface area (TPSA) is 65.6 Å². The zero-order valence-electron chi connectivity index (χ0n) is 23.7. The summed E-state index contributed by atoms with van der Waals surface area (Å²) in [5.74, 6) is 2.42. The Labute approximate surface area is 248 Å². The van der Waals surface area contributed by atoms with Crippen molar-refractivity contribution in [3.8, 4) is 11.5 Å². The first kappa shape index (κ1) is 26.3. The van der Waals surface area contributed by atoms with Gasteiger partial charge in [0.1, 0.15) is 5.82 Å². The SMILES string of the molecule is C=Cc1ccc2nc(C3(CC(=O)c4ccc5c(C6CCCC6)c(-c6ncc(Br)cn6)n(C)c5c4)CCC3)n(C)c2c1. The molecule has 7 rings (SSSR count). The van der Waals surface area contributed by atoms with Crippen molar-refractivity contribution in [3.63, 3.8) is 0 Å². The van der Waals surface area contributed by atoms with Crippen LogP contribution < -0.4 is 0 Å². The van der Waals surface area contributed by atoms with E-state index in [1.807, 2.05) is 30.6 Å². The molecule has 2 aromatic carbocycles. The minimum atomic E-state index is -0.228. The van der Waals surface area contributed by atoms with Crippen molar-refractivity contribution in [3.05, 3.63) is 82.4 Å². The summed E-state index contributed by atoms with van der Waals surface area (Å²) in [6.07, 6.45) is 13.9. The van der Waals surface area contributed by atoms with Gasteiger partial charge in [-0.1, -0.05) is 50.1 Å². The van der Waals surface area contributed by atoms with E-state index in [2.05, 4.69) is 80.0 Å². The van der Waals surface area contributed by atoms with E-state index < -0.39 is 0 Å². The first-order valence-electron chi connectivity index (χ1n) is 14.6. The molecule has 3 heterocycles. The lowest BCUT2D eigenvalue weighted by molar-refractivity contribution is 0.0894. The minimum Gasteiger partial charge on any atom is -0.341 e. The molecule has 0 unspecified atom stereocenters. The standard InChI is InChI=1S/C34H34BrN5O/c1-4-21-10-13-26-28(16-21)40(3)33(38-26)34(14-7-15-34)18-29(41)23-11-12-25-27(17-23)39(2)31(30(25)22-8-5-6-9-22)32-36-19-24(35)20-37-32/h4,10-13,16-17,19-20,22H,1,5-9,14-15,18H2,2-3H3. The lowest BCUT2D eigenvalue weighted by atomic mass is 9.64. The molecule has 3 aromatic heterocycles. The Morgan fingerprint density at radius 1 is 1.02 bits per heavy atom. The van der Waals surface area contributed by atoms with Crippen LogP contribution in [0.25, 0.3) is 39.5 Å². The highest BCUT2D eigenvalue weighted by Crippen LogP contribution is 2.48. The molecule has 2 aliphatic carbocycles. The van der Waals surface area contributed by atoms with Crippen molar-refractivity contribution in [2.24, 2.45) is 14.1 Å². The first-order valence-corrected chi connectivity index (χ1v) is 15.4. The number of hydrogen-bond acceptors (Lipinski definition) is 4. The number of ketones is 1. The summed E-state index contributed by atoms with van der Waals surface area (Å²) < 4.78 is 5.25. The van der Waals surface area contributed by atoms with Gasteiger partial charge in [0, 0.05) is 54.8 Å². The number of Topliss-reactive ketones (excluding diaryl/α,β-unsaturated/α-hetero) is 1. The number of carbonyl (C=O) groups excluding carboxylic acids is 1. The molecule has 0 saturated heterocycles. The summed E-state index contributed by atoms with van der Waals surface area (Å²) in [6.45, 7) is 3.92. The maximum Gasteiger partial charge on any atom is 0.176 e. The van der Waals surface area contributed by atoms with Crippen LogP contribution >= 0.6 is 15.9 Å². The van der Waals surface area contributed by atoms with Crippen LogP contribution in [-0.4, -0.2) is 29.9 Å². The lowest BCUT2D eigenvalue weighted by Crippen LogP contribution is -2.39. The summed E-state index contributed by atoms with van der Waals surface area (Å²) in [6, 6.07) is 12.5. The fourth-order valence-electron chi connectivity index (χ4n) is 7.27. The number of benzene rings is 2. The van der Waals surface area contributed by atoms with Gasteiger partial charge in [0.05, 0.1) is 21.2 Å². The zero-order chi connectivity index (χ0) is 28.3. The predicted molar refractivity (Wildman–Crippen MR) is 168 cm³/mol. The second-order valence-electron chi connectivity index (χ2n) is 11.9. The van der Waals surface area contributed by atoms with Crippen LogP contribution in [0.15, 0.2) is 59.8 Å². The van der Waals surface area contributed by atoms with Crippen LogP contribution in [0.5, 0.6) is 0 Å². The largest absolute Gasteiger partial charge is 0.341 e. The summed E-state index contributed by atoms with van der Waals surface area (Å²) in [4.78, 5) is 28.4. The Kier molecular flexibility index (Phi) is 6.45. The smallest absolute Gasteiger partial charge is 0.176 e. The molecule has 0 N–H and O–H groups in total. The molecule has 2 aliphatic rings. The molecule has 5 aromatic rings. The van der Waals surface area contributed by atoms with Gasteiger partial charge >= 0.3 is 0 Å². The number of nitrogens with zero attached hydrogens (tertiary/aromatic N) is 5. The molecule has 0 bridgehead atoms. The lowest BCUT2D eigenvalue weighted by Gasteiger charge is -2.40. The molecule has 0 aliphatic heterocycles. The van der Waals surface area contributed by atoms with Crippen LogP contribution in [0.2, 0.25) is 0 Å². The highest BCUT2D eigenvalue weighted by atomic mass is 79.9. The summed E-state index contributed by atoms with van der Waals surface area (Å²) in [5, 5.41) is 1.21. The number of imidazole rings is 1. The van der Waals surface area contributed by atoms with E-state index in [-0.39, 0.29) is 11.2 Å². The summed E-state index contributed by atoms with van der Waals surface area (Å²) in [7, 11) is 4.16. The normalized spacial score (nSPS) is 16.9. The molecule has 41 heavy (non-hydrogen) atoms. The first-order chi connectivity index (χ1) is 19.9. The Bertz CT molecular complexity index is 1820. The van der Waals surface area contributed by atoms with Gasteiger partial charge in [0.15, 0.2) is 11.6 Å².